The van der Waals surface area contributed by atoms with E-state index >= 15 is 0 Å². The van der Waals surface area contributed by atoms with Gasteiger partial charge in [0.25, 0.3) is 0 Å². The van der Waals surface area contributed by atoms with Crippen LogP contribution >= 0.6 is 11.6 Å². The van der Waals surface area contributed by atoms with Gasteiger partial charge in [0.15, 0.2) is 11.5 Å². The van der Waals surface area contributed by atoms with Crippen molar-refractivity contribution >= 4 is 11.6 Å². The predicted octanol–water partition coefficient (Wildman–Crippen LogP) is 0.437. The van der Waals surface area contributed by atoms with Crippen LogP contribution in [0.1, 0.15) is 17.3 Å². The summed E-state index contributed by atoms with van der Waals surface area (Å²) in [5.74, 6) is 1.78. The quantitative estimate of drug-likeness (QED) is 0.667. The van der Waals surface area contributed by atoms with E-state index in [4.69, 9.17) is 25.8 Å². The summed E-state index contributed by atoms with van der Waals surface area (Å²) in [6.45, 7) is 0.955. The molecule has 0 aliphatic carbocycles. The first-order valence-electron chi connectivity index (χ1n) is 9.21. The molecule has 2 aliphatic heterocycles. The van der Waals surface area contributed by atoms with Crippen molar-refractivity contribution in [3.63, 3.8) is 0 Å². The minimum Gasteiger partial charge on any atom is -0.492 e. The number of aromatic nitrogens is 4. The molecule has 1 unspecified atom stereocenters. The van der Waals surface area contributed by atoms with Crippen LogP contribution in [-0.2, 0) is 6.42 Å². The van der Waals surface area contributed by atoms with Crippen molar-refractivity contribution in [3.8, 4) is 22.9 Å². The first-order chi connectivity index (χ1) is 14.1. The summed E-state index contributed by atoms with van der Waals surface area (Å²) in [5.41, 5.74) is 2.00. The number of methoxy groups -OCH3 is 1. The van der Waals surface area contributed by atoms with Gasteiger partial charge in [-0.3, -0.25) is 0 Å². The molecule has 150 valence electrons. The highest BCUT2D eigenvalue weighted by Gasteiger charge is 2.39. The Morgan fingerprint density at radius 2 is 2.10 bits per heavy atom. The zero-order valence-electron chi connectivity index (χ0n) is 15.9. The number of ether oxygens (including phenoxy) is 3. The minimum absolute atomic E-state index is 0.143. The number of quaternary nitrogens is 1. The van der Waals surface area contributed by atoms with Gasteiger partial charge in [0.2, 0.25) is 18.7 Å². The molecule has 9 nitrogen and oxygen atoms in total. The number of nitrogens with zero attached hydrogens (tertiary/aromatic N) is 4. The molecule has 3 heterocycles. The van der Waals surface area contributed by atoms with Crippen LogP contribution in [0.25, 0.3) is 5.69 Å². The second-order valence-electron chi connectivity index (χ2n) is 7.03. The first-order valence-corrected chi connectivity index (χ1v) is 9.59. The van der Waals surface area contributed by atoms with Crippen molar-refractivity contribution < 1.29 is 19.1 Å². The highest BCUT2D eigenvalue weighted by Crippen LogP contribution is 2.47. The predicted molar refractivity (Wildman–Crippen MR) is 103 cm³/mol. The van der Waals surface area contributed by atoms with Crippen LogP contribution < -0.4 is 24.8 Å². The third-order valence-corrected chi connectivity index (χ3v) is 5.72. The normalized spacial score (nSPS) is 19.8. The smallest absolute Gasteiger partial charge is 0.373 e. The van der Waals surface area contributed by atoms with E-state index in [1.165, 1.54) is 9.36 Å². The number of likely N-dealkylation sites (N-methyl/N-ethyl adjacent to an activating group) is 1. The maximum atomic E-state index is 13.2. The van der Waals surface area contributed by atoms with Crippen molar-refractivity contribution in [2.24, 2.45) is 0 Å². The molecule has 0 spiro atoms. The van der Waals surface area contributed by atoms with Crippen LogP contribution in [0.4, 0.5) is 0 Å². The van der Waals surface area contributed by atoms with Gasteiger partial charge in [0.05, 0.1) is 37.0 Å². The summed E-state index contributed by atoms with van der Waals surface area (Å²) >= 11 is 6.25. The molecule has 10 heteroatoms. The van der Waals surface area contributed by atoms with E-state index in [-0.39, 0.29) is 12.5 Å². The largest absolute Gasteiger partial charge is 0.492 e. The first kappa shape index (κ1) is 18.0. The number of tetrazole rings is 1. The zero-order valence-corrected chi connectivity index (χ0v) is 16.6. The van der Waals surface area contributed by atoms with E-state index in [2.05, 4.69) is 10.4 Å². The molecule has 5 rings (SSSR count). The summed E-state index contributed by atoms with van der Waals surface area (Å²) in [6.07, 6.45) is 0.393. The Morgan fingerprint density at radius 1 is 1.28 bits per heavy atom. The molecule has 0 fully saturated rings. The second kappa shape index (κ2) is 6.78. The summed E-state index contributed by atoms with van der Waals surface area (Å²) in [4.78, 5) is 14.3. The Morgan fingerprint density at radius 3 is 2.90 bits per heavy atom. The molecule has 3 aromatic rings. The van der Waals surface area contributed by atoms with Crippen molar-refractivity contribution in [2.45, 2.75) is 12.6 Å². The molecule has 0 radical (unpaired) electrons. The fourth-order valence-corrected chi connectivity index (χ4v) is 4.24. The topological polar surface area (TPSA) is 84.8 Å². The average Bonchev–Trinajstić information content (AvgIpc) is 3.33. The Hall–Kier alpha value is -3.04. The van der Waals surface area contributed by atoms with Crippen LogP contribution in [0.15, 0.2) is 35.1 Å². The lowest BCUT2D eigenvalue weighted by molar-refractivity contribution is -0.919. The van der Waals surface area contributed by atoms with Crippen LogP contribution in [0.3, 0.4) is 0 Å². The molecule has 0 bridgehead atoms. The number of halogens is 1. The number of para-hydroxylation sites is 1. The molecular formula is C19H19ClN5O4+. The molecule has 2 atom stereocenters. The van der Waals surface area contributed by atoms with Gasteiger partial charge in [0.1, 0.15) is 0 Å². The van der Waals surface area contributed by atoms with Gasteiger partial charge >= 0.3 is 5.69 Å². The summed E-state index contributed by atoms with van der Waals surface area (Å²) in [5, 5.41) is 8.69. The molecule has 0 saturated heterocycles. The zero-order chi connectivity index (χ0) is 20.1. The van der Waals surface area contributed by atoms with Gasteiger partial charge in [-0.15, -0.1) is 4.68 Å². The molecule has 29 heavy (non-hydrogen) atoms. The van der Waals surface area contributed by atoms with Crippen molar-refractivity contribution in [1.82, 2.24) is 19.8 Å². The lowest BCUT2D eigenvalue weighted by Crippen LogP contribution is -3.11. The van der Waals surface area contributed by atoms with Gasteiger partial charge in [-0.25, -0.2) is 4.79 Å². The van der Waals surface area contributed by atoms with Crippen LogP contribution in [-0.4, -0.2) is 47.3 Å². The van der Waals surface area contributed by atoms with Crippen molar-refractivity contribution in [3.05, 3.63) is 57.0 Å². The van der Waals surface area contributed by atoms with E-state index in [1.807, 2.05) is 13.1 Å². The number of rotatable bonds is 3. The highest BCUT2D eigenvalue weighted by molar-refractivity contribution is 6.32. The van der Waals surface area contributed by atoms with E-state index < -0.39 is 6.17 Å². The molecule has 2 aliphatic rings. The summed E-state index contributed by atoms with van der Waals surface area (Å²) in [7, 11) is 3.60. The van der Waals surface area contributed by atoms with E-state index in [0.29, 0.717) is 28.0 Å². The summed E-state index contributed by atoms with van der Waals surface area (Å²) in [6, 6.07) is 8.99. The lowest BCUT2D eigenvalue weighted by Gasteiger charge is -2.31. The van der Waals surface area contributed by atoms with E-state index in [9.17, 15) is 4.79 Å². The standard InChI is InChI=1S/C19H18ClN5O4/c1-23-8-7-11-9-14-16(29-10-28-14)17(27-2)15(11)18(23)25-19(26)24(21-22-25)13-6-4-3-5-12(13)20/h3-6,9,18H,7-8,10H2,1-2H3/p+1/t18-/m1/s1. The van der Waals surface area contributed by atoms with Gasteiger partial charge in [0, 0.05) is 6.42 Å². The lowest BCUT2D eigenvalue weighted by atomic mass is 9.95. The van der Waals surface area contributed by atoms with Gasteiger partial charge in [-0.05, 0) is 34.2 Å². The number of hydrogen-bond donors (Lipinski definition) is 1. The monoisotopic (exact) mass is 416 g/mol. The number of nitrogens with one attached hydrogen (secondary N) is 1. The molecular weight excluding hydrogens is 398 g/mol. The Kier molecular flexibility index (Phi) is 4.21. The Bertz CT molecular complexity index is 1160. The Balaban J connectivity index is 1.69. The molecule has 1 aromatic heterocycles. The molecule has 0 amide bonds. The van der Waals surface area contributed by atoms with E-state index in [0.717, 1.165) is 29.0 Å². The number of benzene rings is 2. The minimum atomic E-state index is -0.424. The second-order valence-corrected chi connectivity index (χ2v) is 7.44. The third-order valence-electron chi connectivity index (χ3n) is 5.40. The maximum Gasteiger partial charge on any atom is 0.373 e. The van der Waals surface area contributed by atoms with Gasteiger partial charge < -0.3 is 19.1 Å². The SMILES string of the molecule is COc1c2c(cc3c1[C@@H](n1nnn(-c4ccccc4Cl)c1=O)[NH+](C)CC3)OCO2. The maximum absolute atomic E-state index is 13.2. The van der Waals surface area contributed by atoms with Gasteiger partial charge in [-0.1, -0.05) is 23.7 Å². The van der Waals surface area contributed by atoms with Gasteiger partial charge in [-0.2, -0.15) is 4.68 Å². The van der Waals surface area contributed by atoms with Crippen LogP contribution in [0.2, 0.25) is 5.02 Å². The van der Waals surface area contributed by atoms with Crippen molar-refractivity contribution in [2.75, 3.05) is 27.5 Å². The number of fused-ring (bicyclic) bond motifs is 2. The fourth-order valence-electron chi connectivity index (χ4n) is 4.03. The molecule has 2 aromatic carbocycles. The summed E-state index contributed by atoms with van der Waals surface area (Å²) < 4.78 is 19.5. The van der Waals surface area contributed by atoms with E-state index in [1.54, 1.807) is 31.4 Å². The Labute approximate surface area is 170 Å². The highest BCUT2D eigenvalue weighted by atomic mass is 35.5. The third kappa shape index (κ3) is 2.69. The molecule has 0 saturated carbocycles. The van der Waals surface area contributed by atoms with Crippen LogP contribution in [0.5, 0.6) is 17.2 Å². The van der Waals surface area contributed by atoms with Crippen LogP contribution in [0, 0.1) is 0 Å². The fraction of sp³-hybridized carbons (Fsp3) is 0.316. The molecule has 1 N–H and O–H groups in total. The number of hydrogen-bond acceptors (Lipinski definition) is 6. The average molecular weight is 417 g/mol. The van der Waals surface area contributed by atoms with Crippen molar-refractivity contribution in [1.29, 1.82) is 0 Å².